The summed E-state index contributed by atoms with van der Waals surface area (Å²) < 4.78 is 11.5. The summed E-state index contributed by atoms with van der Waals surface area (Å²) in [5, 5.41) is 17.7. The third-order valence-electron chi connectivity index (χ3n) is 4.21. The molecular weight excluding hydrogens is 292 g/mol. The van der Waals surface area contributed by atoms with Crippen LogP contribution in [0.4, 0.5) is 0 Å². The van der Waals surface area contributed by atoms with E-state index in [0.717, 1.165) is 37.3 Å². The molecule has 0 aromatic carbocycles. The van der Waals surface area contributed by atoms with Gasteiger partial charge in [-0.05, 0) is 25.3 Å². The van der Waals surface area contributed by atoms with Crippen molar-refractivity contribution in [1.29, 1.82) is 0 Å². The van der Waals surface area contributed by atoms with Gasteiger partial charge in [0.25, 0.3) is 0 Å². The zero-order valence-electron chi connectivity index (χ0n) is 15.1. The first-order valence-corrected chi connectivity index (χ1v) is 8.76. The topological polar surface area (TPSA) is 67.5 Å². The minimum atomic E-state index is -0.381. The molecule has 1 aromatic heterocycles. The summed E-state index contributed by atoms with van der Waals surface area (Å²) in [6.45, 7) is 12.3. The monoisotopic (exact) mass is 324 g/mol. The van der Waals surface area contributed by atoms with Crippen molar-refractivity contribution in [2.45, 2.75) is 77.6 Å². The Morgan fingerprint density at radius 3 is 2.70 bits per heavy atom. The first-order valence-electron chi connectivity index (χ1n) is 8.76. The maximum atomic E-state index is 10.1. The van der Waals surface area contributed by atoms with Crippen LogP contribution < -0.4 is 5.32 Å². The number of aliphatic hydroxyl groups excluding tert-OH is 1. The van der Waals surface area contributed by atoms with Gasteiger partial charge in [-0.25, -0.2) is 0 Å². The van der Waals surface area contributed by atoms with Crippen molar-refractivity contribution in [3.63, 3.8) is 0 Å². The molecule has 0 bridgehead atoms. The Bertz CT molecular complexity index is 479. The molecule has 2 N–H and O–H groups in total. The van der Waals surface area contributed by atoms with Crippen LogP contribution in [0.3, 0.4) is 0 Å². The second-order valence-corrected chi connectivity index (χ2v) is 8.13. The molecule has 5 nitrogen and oxygen atoms in total. The Labute approximate surface area is 139 Å². The highest BCUT2D eigenvalue weighted by atomic mass is 16.5. The molecule has 1 aliphatic rings. The van der Waals surface area contributed by atoms with E-state index in [-0.39, 0.29) is 23.7 Å². The maximum Gasteiger partial charge on any atom is 0.142 e. The van der Waals surface area contributed by atoms with E-state index in [1.165, 1.54) is 0 Å². The van der Waals surface area contributed by atoms with Crippen molar-refractivity contribution in [2.75, 3.05) is 13.1 Å². The molecule has 2 heterocycles. The van der Waals surface area contributed by atoms with E-state index in [1.54, 1.807) is 0 Å². The van der Waals surface area contributed by atoms with E-state index in [2.05, 4.69) is 45.1 Å². The molecule has 1 saturated heterocycles. The smallest absolute Gasteiger partial charge is 0.142 e. The molecule has 1 fully saturated rings. The van der Waals surface area contributed by atoms with Gasteiger partial charge in [-0.1, -0.05) is 39.8 Å². The lowest BCUT2D eigenvalue weighted by Crippen LogP contribution is -2.46. The molecule has 0 amide bonds. The summed E-state index contributed by atoms with van der Waals surface area (Å²) in [5.41, 5.74) is 0.906. The molecule has 0 saturated carbocycles. The number of rotatable bonds is 6. The summed E-state index contributed by atoms with van der Waals surface area (Å²) in [7, 11) is 0. The van der Waals surface area contributed by atoms with E-state index in [1.807, 2.05) is 6.07 Å². The van der Waals surface area contributed by atoms with Crippen LogP contribution in [0.15, 0.2) is 10.6 Å². The van der Waals surface area contributed by atoms with Gasteiger partial charge in [-0.2, -0.15) is 0 Å². The molecule has 0 unspecified atom stereocenters. The highest BCUT2D eigenvalue weighted by molar-refractivity contribution is 5.13. The van der Waals surface area contributed by atoms with Gasteiger partial charge >= 0.3 is 0 Å². The molecule has 2 rings (SSSR count). The van der Waals surface area contributed by atoms with Crippen molar-refractivity contribution in [3.8, 4) is 0 Å². The second-order valence-electron chi connectivity index (χ2n) is 8.13. The third kappa shape index (κ3) is 5.59. The molecule has 1 aromatic rings. The fraction of sp³-hybridized carbons (Fsp3) is 0.833. The molecule has 0 aliphatic carbocycles. The van der Waals surface area contributed by atoms with Gasteiger partial charge in [-0.3, -0.25) is 0 Å². The molecule has 5 heteroatoms. The van der Waals surface area contributed by atoms with Gasteiger partial charge in [0.05, 0.1) is 24.0 Å². The Morgan fingerprint density at radius 1 is 1.35 bits per heavy atom. The Kier molecular flexibility index (Phi) is 6.23. The molecule has 23 heavy (non-hydrogen) atoms. The first-order chi connectivity index (χ1) is 10.8. The number of hydrogen-bond donors (Lipinski definition) is 2. The lowest BCUT2D eigenvalue weighted by molar-refractivity contribution is -0.115. The second kappa shape index (κ2) is 7.77. The summed E-state index contributed by atoms with van der Waals surface area (Å²) in [6, 6.07) is 2.03. The molecule has 132 valence electrons. The minimum absolute atomic E-state index is 0.0296. The SMILES string of the molecule is CC(C)CNC[C@H]1O[C@H](Cc2cc(C(C)(C)C)on2)CC[C@@H]1O. The van der Waals surface area contributed by atoms with Gasteiger partial charge in [0.1, 0.15) is 5.76 Å². The van der Waals surface area contributed by atoms with Crippen molar-refractivity contribution >= 4 is 0 Å². The quantitative estimate of drug-likeness (QED) is 0.842. The van der Waals surface area contributed by atoms with Crippen LogP contribution in [0, 0.1) is 5.92 Å². The zero-order valence-corrected chi connectivity index (χ0v) is 15.1. The van der Waals surface area contributed by atoms with Gasteiger partial charge in [0.15, 0.2) is 0 Å². The summed E-state index contributed by atoms with van der Waals surface area (Å²) >= 11 is 0. The lowest BCUT2D eigenvalue weighted by atomic mass is 9.92. The maximum absolute atomic E-state index is 10.1. The minimum Gasteiger partial charge on any atom is -0.390 e. The number of aromatic nitrogens is 1. The standard InChI is InChI=1S/C18H32N2O3/c1-12(2)10-19-11-16-15(21)7-6-14(22-16)8-13-9-17(23-20-13)18(3,4)5/h9,12,14-16,19,21H,6-8,10-11H2,1-5H3/t14-,15-,16+/m0/s1. The summed E-state index contributed by atoms with van der Waals surface area (Å²) in [4.78, 5) is 0. The van der Waals surface area contributed by atoms with Crippen LogP contribution in [0.25, 0.3) is 0 Å². The van der Waals surface area contributed by atoms with Crippen LogP contribution in [0.5, 0.6) is 0 Å². The van der Waals surface area contributed by atoms with Gasteiger partial charge < -0.3 is 19.7 Å². The van der Waals surface area contributed by atoms with E-state index < -0.39 is 0 Å². The van der Waals surface area contributed by atoms with E-state index in [4.69, 9.17) is 9.26 Å². The van der Waals surface area contributed by atoms with Crippen molar-refractivity contribution in [3.05, 3.63) is 17.5 Å². The van der Waals surface area contributed by atoms with Crippen LogP contribution in [-0.4, -0.2) is 41.7 Å². The molecular formula is C18H32N2O3. The number of nitrogens with zero attached hydrogens (tertiary/aromatic N) is 1. The number of hydrogen-bond acceptors (Lipinski definition) is 5. The average Bonchev–Trinajstić information content (AvgIpc) is 2.90. The molecule has 3 atom stereocenters. The Balaban J connectivity index is 1.87. The highest BCUT2D eigenvalue weighted by Crippen LogP contribution is 2.26. The first kappa shape index (κ1) is 18.4. The molecule has 0 radical (unpaired) electrons. The Morgan fingerprint density at radius 2 is 2.09 bits per heavy atom. The predicted molar refractivity (Wildman–Crippen MR) is 90.5 cm³/mol. The zero-order chi connectivity index (χ0) is 17.0. The molecule has 1 aliphatic heterocycles. The van der Waals surface area contributed by atoms with Crippen LogP contribution in [-0.2, 0) is 16.6 Å². The van der Waals surface area contributed by atoms with Gasteiger partial charge in [-0.15, -0.1) is 0 Å². The van der Waals surface area contributed by atoms with Gasteiger partial charge in [0.2, 0.25) is 0 Å². The number of aliphatic hydroxyl groups is 1. The molecule has 0 spiro atoms. The fourth-order valence-electron chi connectivity index (χ4n) is 2.79. The van der Waals surface area contributed by atoms with E-state index in [9.17, 15) is 5.11 Å². The third-order valence-corrected chi connectivity index (χ3v) is 4.21. The Hall–Kier alpha value is -0.910. The number of ether oxygens (including phenoxy) is 1. The lowest BCUT2D eigenvalue weighted by Gasteiger charge is -2.34. The summed E-state index contributed by atoms with van der Waals surface area (Å²) in [5.74, 6) is 1.50. The van der Waals surface area contributed by atoms with Gasteiger partial charge in [0, 0.05) is 24.4 Å². The van der Waals surface area contributed by atoms with Crippen molar-refractivity contribution < 1.29 is 14.4 Å². The van der Waals surface area contributed by atoms with Crippen LogP contribution in [0.1, 0.15) is 58.9 Å². The predicted octanol–water partition coefficient (Wildman–Crippen LogP) is 2.67. The van der Waals surface area contributed by atoms with Crippen molar-refractivity contribution in [1.82, 2.24) is 10.5 Å². The van der Waals surface area contributed by atoms with Crippen LogP contribution in [0.2, 0.25) is 0 Å². The normalized spacial score (nSPS) is 26.0. The number of nitrogens with one attached hydrogen (secondary N) is 1. The van der Waals surface area contributed by atoms with Crippen molar-refractivity contribution in [2.24, 2.45) is 5.92 Å². The van der Waals surface area contributed by atoms with Crippen LogP contribution >= 0.6 is 0 Å². The fourth-order valence-corrected chi connectivity index (χ4v) is 2.79. The van der Waals surface area contributed by atoms with E-state index in [0.29, 0.717) is 12.5 Å². The average molecular weight is 324 g/mol. The van der Waals surface area contributed by atoms with E-state index >= 15 is 0 Å². The largest absolute Gasteiger partial charge is 0.390 e. The summed E-state index contributed by atoms with van der Waals surface area (Å²) in [6.07, 6.45) is 1.96. The highest BCUT2D eigenvalue weighted by Gasteiger charge is 2.30.